The average Bonchev–Trinajstić information content (AvgIpc) is 3.76. The average molecular weight is 605 g/mol. The molecule has 0 radical (unpaired) electrons. The van der Waals surface area contributed by atoms with Gasteiger partial charge in [0.15, 0.2) is 5.65 Å². The third-order valence-corrected chi connectivity index (χ3v) is 8.31. The van der Waals surface area contributed by atoms with Gasteiger partial charge in [-0.25, -0.2) is 23.5 Å². The van der Waals surface area contributed by atoms with Crippen molar-refractivity contribution in [2.45, 2.75) is 31.2 Å². The topological polar surface area (TPSA) is 103 Å². The molecule has 0 unspecified atom stereocenters. The molecule has 226 valence electrons. The number of amides is 2. The number of rotatable bonds is 6. The first-order valence-corrected chi connectivity index (χ1v) is 14.7. The minimum absolute atomic E-state index is 0.0598. The number of hydrogen-bond donors (Lipinski definition) is 1. The van der Waals surface area contributed by atoms with Crippen molar-refractivity contribution in [1.82, 2.24) is 14.5 Å². The molecule has 1 N–H and O–H groups in total. The lowest BCUT2D eigenvalue weighted by molar-refractivity contribution is -0.120. The van der Waals surface area contributed by atoms with Crippen LogP contribution in [0.25, 0.3) is 22.2 Å². The van der Waals surface area contributed by atoms with E-state index in [1.54, 1.807) is 24.4 Å². The molecule has 7 rings (SSSR count). The molecule has 9 nitrogen and oxygen atoms in total. The van der Waals surface area contributed by atoms with Gasteiger partial charge in [0, 0.05) is 23.9 Å². The molecule has 2 atom stereocenters. The number of fused-ring (bicyclic) bond motifs is 4. The Balaban J connectivity index is 1.03. The zero-order chi connectivity index (χ0) is 30.9. The smallest absolute Gasteiger partial charge is 0.420 e. The molecule has 2 aromatic heterocycles. The third kappa shape index (κ3) is 5.50. The van der Waals surface area contributed by atoms with Crippen LogP contribution in [0, 0.1) is 0 Å². The molecule has 10 heteroatoms. The molecule has 1 fully saturated rings. The first-order chi connectivity index (χ1) is 22.0. The third-order valence-electron chi connectivity index (χ3n) is 8.31. The minimum atomic E-state index is -1.38. The number of carbonyl (C=O) groups is 3. The van der Waals surface area contributed by atoms with Gasteiger partial charge in [0.2, 0.25) is 5.91 Å². The maximum Gasteiger partial charge on any atom is 0.420 e. The second-order valence-corrected chi connectivity index (χ2v) is 11.1. The Hall–Kier alpha value is -5.51. The van der Waals surface area contributed by atoms with E-state index < -0.39 is 30.3 Å². The number of halogens is 1. The van der Waals surface area contributed by atoms with Crippen LogP contribution >= 0.6 is 0 Å². The van der Waals surface area contributed by atoms with Gasteiger partial charge in [-0.05, 0) is 46.0 Å². The first-order valence-electron chi connectivity index (χ1n) is 14.7. The van der Waals surface area contributed by atoms with Crippen molar-refractivity contribution in [1.29, 1.82) is 0 Å². The summed E-state index contributed by atoms with van der Waals surface area (Å²) in [4.78, 5) is 45.0. The molecule has 3 heterocycles. The maximum absolute atomic E-state index is 14.6. The lowest BCUT2D eigenvalue weighted by Crippen LogP contribution is -2.43. The van der Waals surface area contributed by atoms with Crippen LogP contribution in [-0.2, 0) is 20.9 Å². The summed E-state index contributed by atoms with van der Waals surface area (Å²) in [5.74, 6) is -0.609. The Kier molecular flexibility index (Phi) is 7.46. The number of likely N-dealkylation sites (tertiary alicyclic amines) is 1. The molecular weight excluding hydrogens is 575 g/mol. The molecule has 0 spiro atoms. The zero-order valence-electron chi connectivity index (χ0n) is 24.1. The van der Waals surface area contributed by atoms with E-state index in [4.69, 9.17) is 9.47 Å². The van der Waals surface area contributed by atoms with Gasteiger partial charge in [0.1, 0.15) is 31.2 Å². The Labute approximate surface area is 258 Å². The number of carbonyl (C=O) groups excluding carboxylic acids is 3. The summed E-state index contributed by atoms with van der Waals surface area (Å²) < 4.78 is 27.0. The van der Waals surface area contributed by atoms with E-state index in [-0.39, 0.29) is 43.6 Å². The fraction of sp³-hybridized carbons (Fsp3) is 0.200. The van der Waals surface area contributed by atoms with Gasteiger partial charge < -0.3 is 14.8 Å². The van der Waals surface area contributed by atoms with Crippen LogP contribution in [0.3, 0.4) is 0 Å². The quantitative estimate of drug-likeness (QED) is 0.237. The molecule has 5 aromatic rings. The van der Waals surface area contributed by atoms with Crippen LogP contribution < -0.4 is 5.32 Å². The van der Waals surface area contributed by atoms with Gasteiger partial charge in [-0.2, -0.15) is 0 Å². The molecule has 0 bridgehead atoms. The van der Waals surface area contributed by atoms with Crippen molar-refractivity contribution >= 4 is 34.9 Å². The predicted molar refractivity (Wildman–Crippen MR) is 165 cm³/mol. The van der Waals surface area contributed by atoms with Crippen LogP contribution in [0.5, 0.6) is 0 Å². The Morgan fingerprint density at radius 3 is 2.24 bits per heavy atom. The summed E-state index contributed by atoms with van der Waals surface area (Å²) >= 11 is 0. The molecule has 1 saturated heterocycles. The van der Waals surface area contributed by atoms with E-state index in [1.807, 2.05) is 78.9 Å². The molecule has 2 amide bonds. The standard InChI is InChI=1S/C35H29FN4O5/c36-24-18-30(40(19-24)35(43)45-21-29-27-12-6-4-10-25(27)26-11-5-7-13-28(26)29)33(41)38-31-15-14-23-16-17-39(32(23)37-31)34(42)44-20-22-8-2-1-3-9-22/h1-17,24,29-30H,18-21H2,(H,37,38,41)/t24-,30-/m1/s1. The van der Waals surface area contributed by atoms with Crippen LogP contribution in [-0.4, -0.2) is 57.9 Å². The van der Waals surface area contributed by atoms with Crippen molar-refractivity contribution in [3.63, 3.8) is 0 Å². The normalized spacial score (nSPS) is 17.1. The first kappa shape index (κ1) is 28.3. The number of hydrogen-bond acceptors (Lipinski definition) is 6. The lowest BCUT2D eigenvalue weighted by atomic mass is 9.98. The number of aromatic nitrogens is 2. The maximum atomic E-state index is 14.6. The molecule has 1 aliphatic carbocycles. The Bertz CT molecular complexity index is 1860. The van der Waals surface area contributed by atoms with Crippen LogP contribution in [0.15, 0.2) is 103 Å². The van der Waals surface area contributed by atoms with Gasteiger partial charge in [0.05, 0.1) is 6.54 Å². The molecule has 0 saturated carbocycles. The second-order valence-electron chi connectivity index (χ2n) is 11.1. The van der Waals surface area contributed by atoms with Crippen molar-refractivity contribution in [2.75, 3.05) is 18.5 Å². The van der Waals surface area contributed by atoms with Gasteiger partial charge in [-0.15, -0.1) is 0 Å². The second kappa shape index (κ2) is 11.9. The summed E-state index contributed by atoms with van der Waals surface area (Å²) in [6.45, 7) is -0.102. The summed E-state index contributed by atoms with van der Waals surface area (Å²) in [6, 6.07) is 29.2. The largest absolute Gasteiger partial charge is 0.448 e. The summed E-state index contributed by atoms with van der Waals surface area (Å²) in [5.41, 5.74) is 5.43. The predicted octanol–water partition coefficient (Wildman–Crippen LogP) is 6.52. The highest BCUT2D eigenvalue weighted by Gasteiger charge is 2.41. The number of ether oxygens (including phenoxy) is 2. The van der Waals surface area contributed by atoms with Crippen LogP contribution in [0.4, 0.5) is 19.8 Å². The van der Waals surface area contributed by atoms with Crippen molar-refractivity contribution in [2.24, 2.45) is 0 Å². The zero-order valence-corrected chi connectivity index (χ0v) is 24.1. The highest BCUT2D eigenvalue weighted by atomic mass is 19.1. The molecule has 3 aromatic carbocycles. The van der Waals surface area contributed by atoms with Crippen molar-refractivity contribution in [3.05, 3.63) is 120 Å². The number of anilines is 1. The Morgan fingerprint density at radius 1 is 0.822 bits per heavy atom. The van der Waals surface area contributed by atoms with E-state index in [0.29, 0.717) is 5.39 Å². The number of nitrogens with one attached hydrogen (secondary N) is 1. The molecular formula is C35H29FN4O5. The number of alkyl halides is 1. The van der Waals surface area contributed by atoms with Gasteiger partial charge >= 0.3 is 12.2 Å². The summed E-state index contributed by atoms with van der Waals surface area (Å²) in [5, 5.41) is 3.35. The fourth-order valence-corrected chi connectivity index (χ4v) is 6.13. The van der Waals surface area contributed by atoms with E-state index in [9.17, 15) is 18.8 Å². The number of pyridine rings is 1. The van der Waals surface area contributed by atoms with Crippen molar-refractivity contribution < 1.29 is 28.2 Å². The summed E-state index contributed by atoms with van der Waals surface area (Å²) in [6.07, 6.45) is -1.38. The van der Waals surface area contributed by atoms with Gasteiger partial charge in [0.25, 0.3) is 0 Å². The van der Waals surface area contributed by atoms with E-state index >= 15 is 0 Å². The number of benzene rings is 3. The summed E-state index contributed by atoms with van der Waals surface area (Å²) in [7, 11) is 0. The minimum Gasteiger partial charge on any atom is -0.448 e. The van der Waals surface area contributed by atoms with Crippen LogP contribution in [0.1, 0.15) is 29.0 Å². The molecule has 2 aliphatic rings. The molecule has 45 heavy (non-hydrogen) atoms. The molecule has 1 aliphatic heterocycles. The van der Waals surface area contributed by atoms with Gasteiger partial charge in [-0.3, -0.25) is 9.69 Å². The van der Waals surface area contributed by atoms with Crippen LogP contribution in [0.2, 0.25) is 0 Å². The fourth-order valence-electron chi connectivity index (χ4n) is 6.13. The number of nitrogens with zero attached hydrogens (tertiary/aromatic N) is 3. The SMILES string of the molecule is O=C(Nc1ccc2ccn(C(=O)OCc3ccccc3)c2n1)[C@H]1C[C@@H](F)CN1C(=O)OCC1c2ccccc2-c2ccccc21. The van der Waals surface area contributed by atoms with Gasteiger partial charge in [-0.1, -0.05) is 78.9 Å². The monoisotopic (exact) mass is 604 g/mol. The highest BCUT2D eigenvalue weighted by molar-refractivity contribution is 5.97. The highest BCUT2D eigenvalue weighted by Crippen LogP contribution is 2.44. The van der Waals surface area contributed by atoms with Crippen molar-refractivity contribution in [3.8, 4) is 11.1 Å². The Morgan fingerprint density at radius 2 is 1.51 bits per heavy atom. The lowest BCUT2D eigenvalue weighted by Gasteiger charge is -2.24. The van der Waals surface area contributed by atoms with E-state index in [0.717, 1.165) is 32.7 Å². The van der Waals surface area contributed by atoms with E-state index in [1.165, 1.54) is 4.57 Å². The van der Waals surface area contributed by atoms with E-state index in [2.05, 4.69) is 10.3 Å².